The number of nitrogens with one attached hydrogen (secondary N) is 1. The Kier molecular flexibility index (Phi) is 5.62. The lowest BCUT2D eigenvalue weighted by molar-refractivity contribution is 0.247. The van der Waals surface area contributed by atoms with Crippen molar-refractivity contribution in [1.82, 2.24) is 10.2 Å². The molecule has 1 heterocycles. The third-order valence-electron chi connectivity index (χ3n) is 3.89. The maximum absolute atomic E-state index is 9.29. The summed E-state index contributed by atoms with van der Waals surface area (Å²) >= 11 is 0. The second kappa shape index (κ2) is 6.54. The molecule has 1 rings (SSSR count). The molecular formula is C15H29N3. The zero-order valence-electron chi connectivity index (χ0n) is 12.7. The van der Waals surface area contributed by atoms with Crippen LogP contribution in [0.1, 0.15) is 53.9 Å². The molecule has 1 fully saturated rings. The van der Waals surface area contributed by atoms with Crippen molar-refractivity contribution in [3.63, 3.8) is 0 Å². The predicted octanol–water partition coefficient (Wildman–Crippen LogP) is 2.78. The molecule has 3 atom stereocenters. The Morgan fingerprint density at radius 2 is 2.11 bits per heavy atom. The predicted molar refractivity (Wildman–Crippen MR) is 76.3 cm³/mol. The smallest absolute Gasteiger partial charge is 0.104 e. The summed E-state index contributed by atoms with van der Waals surface area (Å²) in [6.07, 6.45) is 3.35. The van der Waals surface area contributed by atoms with Crippen LogP contribution in [0.25, 0.3) is 0 Å². The molecule has 0 aromatic carbocycles. The van der Waals surface area contributed by atoms with Gasteiger partial charge in [-0.25, -0.2) is 0 Å². The highest BCUT2D eigenvalue weighted by Crippen LogP contribution is 2.23. The average Bonchev–Trinajstić information content (AvgIpc) is 2.56. The van der Waals surface area contributed by atoms with Crippen LogP contribution < -0.4 is 5.32 Å². The van der Waals surface area contributed by atoms with E-state index in [9.17, 15) is 5.26 Å². The van der Waals surface area contributed by atoms with Gasteiger partial charge in [0.1, 0.15) is 5.54 Å². The van der Waals surface area contributed by atoms with Gasteiger partial charge in [-0.15, -0.1) is 0 Å². The van der Waals surface area contributed by atoms with Gasteiger partial charge in [0.25, 0.3) is 0 Å². The highest BCUT2D eigenvalue weighted by atomic mass is 15.2. The summed E-state index contributed by atoms with van der Waals surface area (Å²) in [5.74, 6) is 0.830. The van der Waals surface area contributed by atoms with Gasteiger partial charge in [-0.05, 0) is 59.4 Å². The molecule has 0 aromatic rings. The molecule has 1 aliphatic rings. The highest BCUT2D eigenvalue weighted by Gasteiger charge is 2.28. The minimum Gasteiger partial charge on any atom is -0.300 e. The number of hydrogen-bond donors (Lipinski definition) is 1. The van der Waals surface area contributed by atoms with E-state index in [1.807, 2.05) is 6.92 Å². The van der Waals surface area contributed by atoms with Crippen LogP contribution >= 0.6 is 0 Å². The molecule has 1 aliphatic heterocycles. The molecule has 3 nitrogen and oxygen atoms in total. The number of hydrogen-bond acceptors (Lipinski definition) is 3. The normalized spacial score (nSPS) is 28.3. The van der Waals surface area contributed by atoms with Gasteiger partial charge in [0.05, 0.1) is 6.07 Å². The Bertz CT molecular complexity index is 295. The lowest BCUT2D eigenvalue weighted by Gasteiger charge is -2.28. The third kappa shape index (κ3) is 4.59. The average molecular weight is 251 g/mol. The monoisotopic (exact) mass is 251 g/mol. The summed E-state index contributed by atoms with van der Waals surface area (Å²) in [5, 5.41) is 12.7. The largest absolute Gasteiger partial charge is 0.300 e. The van der Waals surface area contributed by atoms with Gasteiger partial charge in [0.15, 0.2) is 0 Å². The van der Waals surface area contributed by atoms with E-state index in [4.69, 9.17) is 0 Å². The molecule has 3 heteroatoms. The van der Waals surface area contributed by atoms with Gasteiger partial charge in [0, 0.05) is 18.6 Å². The molecule has 0 aromatic heterocycles. The van der Waals surface area contributed by atoms with Crippen molar-refractivity contribution in [1.29, 1.82) is 5.26 Å². The zero-order chi connectivity index (χ0) is 13.8. The molecule has 18 heavy (non-hydrogen) atoms. The first-order valence-corrected chi connectivity index (χ1v) is 7.29. The molecule has 1 N–H and O–H groups in total. The fourth-order valence-electron chi connectivity index (χ4n) is 3.13. The molecule has 104 valence electrons. The van der Waals surface area contributed by atoms with E-state index in [0.717, 1.165) is 25.3 Å². The summed E-state index contributed by atoms with van der Waals surface area (Å²) in [4.78, 5) is 2.57. The third-order valence-corrected chi connectivity index (χ3v) is 3.89. The highest BCUT2D eigenvalue weighted by molar-refractivity contribution is 5.04. The first kappa shape index (κ1) is 15.5. The summed E-state index contributed by atoms with van der Waals surface area (Å²) in [6.45, 7) is 13.2. The van der Waals surface area contributed by atoms with Crippen molar-refractivity contribution in [2.45, 2.75) is 71.5 Å². The van der Waals surface area contributed by atoms with E-state index in [1.165, 1.54) is 13.0 Å². The summed E-state index contributed by atoms with van der Waals surface area (Å²) < 4.78 is 0. The minimum absolute atomic E-state index is 0.361. The van der Waals surface area contributed by atoms with Gasteiger partial charge >= 0.3 is 0 Å². The number of nitriles is 1. The van der Waals surface area contributed by atoms with Crippen molar-refractivity contribution < 1.29 is 0 Å². The van der Waals surface area contributed by atoms with Gasteiger partial charge in [-0.1, -0.05) is 6.92 Å². The van der Waals surface area contributed by atoms with E-state index in [-0.39, 0.29) is 5.54 Å². The lowest BCUT2D eigenvalue weighted by Crippen LogP contribution is -2.45. The maximum Gasteiger partial charge on any atom is 0.104 e. The first-order valence-electron chi connectivity index (χ1n) is 7.29. The fraction of sp³-hybridized carbons (Fsp3) is 0.933. The first-order chi connectivity index (χ1) is 8.36. The van der Waals surface area contributed by atoms with Gasteiger partial charge in [-0.2, -0.15) is 5.26 Å². The van der Waals surface area contributed by atoms with Crippen LogP contribution in [0.2, 0.25) is 0 Å². The molecular weight excluding hydrogens is 222 g/mol. The lowest BCUT2D eigenvalue weighted by atomic mass is 9.96. The molecule has 0 bridgehead atoms. The quantitative estimate of drug-likeness (QED) is 0.789. The maximum atomic E-state index is 9.29. The van der Waals surface area contributed by atoms with Crippen molar-refractivity contribution in [2.24, 2.45) is 5.92 Å². The van der Waals surface area contributed by atoms with E-state index in [1.54, 1.807) is 0 Å². The second-order valence-electron chi connectivity index (χ2n) is 6.53. The topological polar surface area (TPSA) is 39.1 Å². The van der Waals surface area contributed by atoms with Crippen molar-refractivity contribution in [3.8, 4) is 6.07 Å². The van der Waals surface area contributed by atoms with Crippen LogP contribution in [0.3, 0.4) is 0 Å². The molecule has 0 saturated carbocycles. The van der Waals surface area contributed by atoms with E-state index < -0.39 is 0 Å². The van der Waals surface area contributed by atoms with Crippen LogP contribution in [-0.4, -0.2) is 35.6 Å². The molecule has 0 spiro atoms. The van der Waals surface area contributed by atoms with E-state index in [0.29, 0.717) is 12.1 Å². The molecule has 0 radical (unpaired) electrons. The van der Waals surface area contributed by atoms with Crippen molar-refractivity contribution >= 4 is 0 Å². The minimum atomic E-state index is -0.372. The number of rotatable bonds is 6. The molecule has 0 aliphatic carbocycles. The standard InChI is InChI=1S/C15H29N3/c1-12(2)17-15(5,11-16)7-6-8-18-10-13(3)9-14(18)4/h12-14,17H,6-10H2,1-5H3. The summed E-state index contributed by atoms with van der Waals surface area (Å²) in [5.41, 5.74) is -0.372. The Hall–Kier alpha value is -0.590. The van der Waals surface area contributed by atoms with Gasteiger partial charge in [-0.3, -0.25) is 5.32 Å². The summed E-state index contributed by atoms with van der Waals surface area (Å²) in [6, 6.07) is 3.50. The van der Waals surface area contributed by atoms with Crippen molar-refractivity contribution in [2.75, 3.05) is 13.1 Å². The van der Waals surface area contributed by atoms with E-state index in [2.05, 4.69) is 44.0 Å². The van der Waals surface area contributed by atoms with Crippen LogP contribution in [-0.2, 0) is 0 Å². The molecule has 3 unspecified atom stereocenters. The van der Waals surface area contributed by atoms with Gasteiger partial charge < -0.3 is 4.90 Å². The Balaban J connectivity index is 2.34. The fourth-order valence-corrected chi connectivity index (χ4v) is 3.13. The molecule has 1 saturated heterocycles. The SMILES string of the molecule is CC1CC(C)N(CCCC(C)(C#N)NC(C)C)C1. The van der Waals surface area contributed by atoms with E-state index >= 15 is 0 Å². The zero-order valence-corrected chi connectivity index (χ0v) is 12.7. The molecule has 0 amide bonds. The van der Waals surface area contributed by atoms with Crippen LogP contribution in [0.5, 0.6) is 0 Å². The van der Waals surface area contributed by atoms with Gasteiger partial charge in [0.2, 0.25) is 0 Å². The summed E-state index contributed by atoms with van der Waals surface area (Å²) in [7, 11) is 0. The Labute approximate surface area is 113 Å². The number of nitrogens with zero attached hydrogens (tertiary/aromatic N) is 2. The Morgan fingerprint density at radius 1 is 1.44 bits per heavy atom. The van der Waals surface area contributed by atoms with Crippen LogP contribution in [0, 0.1) is 17.2 Å². The van der Waals surface area contributed by atoms with Crippen LogP contribution in [0.4, 0.5) is 0 Å². The van der Waals surface area contributed by atoms with Crippen molar-refractivity contribution in [3.05, 3.63) is 0 Å². The van der Waals surface area contributed by atoms with Crippen LogP contribution in [0.15, 0.2) is 0 Å². The number of likely N-dealkylation sites (tertiary alicyclic amines) is 1. The Morgan fingerprint density at radius 3 is 2.56 bits per heavy atom. The second-order valence-corrected chi connectivity index (χ2v) is 6.53.